The van der Waals surface area contributed by atoms with Crippen molar-refractivity contribution in [3.8, 4) is 0 Å². The summed E-state index contributed by atoms with van der Waals surface area (Å²) in [6.07, 6.45) is 1.46. The summed E-state index contributed by atoms with van der Waals surface area (Å²) in [6.45, 7) is 14.0. The maximum absolute atomic E-state index is 5.06. The molecule has 0 bridgehead atoms. The van der Waals surface area contributed by atoms with Gasteiger partial charge in [0.05, 0.1) is 0 Å². The average molecular weight is 223 g/mol. The number of aryl methyl sites for hydroxylation is 1. The van der Waals surface area contributed by atoms with Crippen molar-refractivity contribution in [1.29, 1.82) is 0 Å². The molecule has 0 saturated carbocycles. The first-order chi connectivity index (χ1) is 7.86. The van der Waals surface area contributed by atoms with Gasteiger partial charge in [-0.1, -0.05) is 47.6 Å². The maximum atomic E-state index is 5.06. The van der Waals surface area contributed by atoms with Crippen LogP contribution in [0.1, 0.15) is 47.1 Å². The van der Waals surface area contributed by atoms with E-state index in [0.717, 1.165) is 11.1 Å². The largest absolute Gasteiger partial charge is 0.443 e. The van der Waals surface area contributed by atoms with Crippen LogP contribution >= 0.6 is 0 Å². The lowest BCUT2D eigenvalue weighted by molar-refractivity contribution is 0.602. The van der Waals surface area contributed by atoms with Crippen LogP contribution in [0.5, 0.6) is 0 Å². The SMILES string of the molecule is CC.CC.CC.Cc1ccc2ocnc2c1. The van der Waals surface area contributed by atoms with E-state index in [4.69, 9.17) is 4.42 Å². The second kappa shape index (κ2) is 11.8. The third kappa shape index (κ3) is 5.54. The Morgan fingerprint density at radius 1 is 0.938 bits per heavy atom. The summed E-state index contributed by atoms with van der Waals surface area (Å²) in [4.78, 5) is 4.01. The summed E-state index contributed by atoms with van der Waals surface area (Å²) in [7, 11) is 0. The van der Waals surface area contributed by atoms with Crippen LogP contribution in [0.25, 0.3) is 11.1 Å². The molecule has 2 nitrogen and oxygen atoms in total. The number of rotatable bonds is 0. The van der Waals surface area contributed by atoms with Crippen molar-refractivity contribution in [2.45, 2.75) is 48.5 Å². The zero-order valence-electron chi connectivity index (χ0n) is 11.7. The Hall–Kier alpha value is -1.31. The summed E-state index contributed by atoms with van der Waals surface area (Å²) in [5.74, 6) is 0. The lowest BCUT2D eigenvalue weighted by Gasteiger charge is -1.87. The van der Waals surface area contributed by atoms with Crippen molar-refractivity contribution in [1.82, 2.24) is 4.98 Å². The highest BCUT2D eigenvalue weighted by Crippen LogP contribution is 2.12. The highest BCUT2D eigenvalue weighted by Gasteiger charge is 1.95. The third-order valence-corrected chi connectivity index (χ3v) is 1.49. The van der Waals surface area contributed by atoms with E-state index in [0.29, 0.717) is 0 Å². The molecule has 0 aliphatic rings. The smallest absolute Gasteiger partial charge is 0.181 e. The third-order valence-electron chi connectivity index (χ3n) is 1.49. The van der Waals surface area contributed by atoms with Gasteiger partial charge < -0.3 is 4.42 Å². The maximum Gasteiger partial charge on any atom is 0.181 e. The monoisotopic (exact) mass is 223 g/mol. The van der Waals surface area contributed by atoms with Crippen molar-refractivity contribution < 1.29 is 4.42 Å². The number of nitrogens with zero attached hydrogens (tertiary/aromatic N) is 1. The van der Waals surface area contributed by atoms with Crippen LogP contribution in [0.15, 0.2) is 29.0 Å². The molecule has 2 heteroatoms. The first-order valence-electron chi connectivity index (χ1n) is 6.16. The van der Waals surface area contributed by atoms with Crippen molar-refractivity contribution in [3.63, 3.8) is 0 Å². The second-order valence-corrected chi connectivity index (χ2v) is 2.32. The van der Waals surface area contributed by atoms with E-state index in [1.54, 1.807) is 0 Å². The van der Waals surface area contributed by atoms with Crippen molar-refractivity contribution in [2.75, 3.05) is 0 Å². The highest BCUT2D eigenvalue weighted by atomic mass is 16.3. The molecule has 1 aromatic carbocycles. The molecule has 0 fully saturated rings. The minimum Gasteiger partial charge on any atom is -0.443 e. The molecule has 0 spiro atoms. The van der Waals surface area contributed by atoms with E-state index in [2.05, 4.69) is 4.98 Å². The number of oxazole rings is 1. The van der Waals surface area contributed by atoms with E-state index in [1.807, 2.05) is 66.7 Å². The quantitative estimate of drug-likeness (QED) is 0.612. The molecule has 0 atom stereocenters. The molecule has 0 amide bonds. The number of aromatic nitrogens is 1. The Morgan fingerprint density at radius 2 is 1.50 bits per heavy atom. The number of hydrogen-bond donors (Lipinski definition) is 0. The number of fused-ring (bicyclic) bond motifs is 1. The van der Waals surface area contributed by atoms with Gasteiger partial charge in [0.1, 0.15) is 5.52 Å². The summed E-state index contributed by atoms with van der Waals surface area (Å²) < 4.78 is 5.06. The molecule has 1 heterocycles. The van der Waals surface area contributed by atoms with Crippen LogP contribution in [0.3, 0.4) is 0 Å². The minimum atomic E-state index is 0.852. The number of benzene rings is 1. The van der Waals surface area contributed by atoms with E-state index in [9.17, 15) is 0 Å². The molecule has 16 heavy (non-hydrogen) atoms. The Bertz CT molecular complexity index is 352. The van der Waals surface area contributed by atoms with Crippen LogP contribution in [0.4, 0.5) is 0 Å². The molecule has 0 unspecified atom stereocenters. The molecular formula is C14H25NO. The fourth-order valence-corrected chi connectivity index (χ4v) is 0.968. The van der Waals surface area contributed by atoms with Gasteiger partial charge in [0.25, 0.3) is 0 Å². The fourth-order valence-electron chi connectivity index (χ4n) is 0.968. The van der Waals surface area contributed by atoms with E-state index in [-0.39, 0.29) is 0 Å². The Morgan fingerprint density at radius 3 is 2.06 bits per heavy atom. The molecular weight excluding hydrogens is 198 g/mol. The van der Waals surface area contributed by atoms with Crippen LogP contribution in [0, 0.1) is 6.92 Å². The standard InChI is InChI=1S/C8H7NO.3C2H6/c1-6-2-3-8-7(4-6)9-5-10-8;3*1-2/h2-5H,1H3;3*1-2H3. The van der Waals surface area contributed by atoms with Gasteiger partial charge >= 0.3 is 0 Å². The van der Waals surface area contributed by atoms with Crippen molar-refractivity contribution in [2.24, 2.45) is 0 Å². The highest BCUT2D eigenvalue weighted by molar-refractivity contribution is 5.72. The Kier molecular flexibility index (Phi) is 12.6. The van der Waals surface area contributed by atoms with Gasteiger partial charge in [-0.15, -0.1) is 0 Å². The van der Waals surface area contributed by atoms with Gasteiger partial charge in [0.2, 0.25) is 0 Å². The predicted molar refractivity (Wildman–Crippen MR) is 72.8 cm³/mol. The van der Waals surface area contributed by atoms with Gasteiger partial charge in [-0.05, 0) is 24.6 Å². The van der Waals surface area contributed by atoms with Gasteiger partial charge in [-0.2, -0.15) is 0 Å². The molecule has 2 rings (SSSR count). The first kappa shape index (κ1) is 17.1. The molecule has 1 aromatic heterocycles. The summed E-state index contributed by atoms with van der Waals surface area (Å²) in [6, 6.07) is 5.93. The van der Waals surface area contributed by atoms with E-state index >= 15 is 0 Å². The fraction of sp³-hybridized carbons (Fsp3) is 0.500. The number of hydrogen-bond acceptors (Lipinski definition) is 2. The summed E-state index contributed by atoms with van der Waals surface area (Å²) in [5, 5.41) is 0. The van der Waals surface area contributed by atoms with Crippen LogP contribution in [-0.4, -0.2) is 4.98 Å². The zero-order chi connectivity index (χ0) is 13.0. The molecule has 92 valence electrons. The molecule has 2 aromatic rings. The van der Waals surface area contributed by atoms with E-state index < -0.39 is 0 Å². The van der Waals surface area contributed by atoms with Gasteiger partial charge in [-0.25, -0.2) is 4.98 Å². The predicted octanol–water partition coefficient (Wildman–Crippen LogP) is 5.21. The van der Waals surface area contributed by atoms with Crippen LogP contribution in [-0.2, 0) is 0 Å². The summed E-state index contributed by atoms with van der Waals surface area (Å²) >= 11 is 0. The lowest BCUT2D eigenvalue weighted by atomic mass is 10.2. The van der Waals surface area contributed by atoms with Gasteiger partial charge in [0, 0.05) is 0 Å². The minimum absolute atomic E-state index is 0.852. The van der Waals surface area contributed by atoms with Gasteiger partial charge in [0.15, 0.2) is 12.0 Å². The first-order valence-corrected chi connectivity index (χ1v) is 6.16. The summed E-state index contributed by atoms with van der Waals surface area (Å²) in [5.41, 5.74) is 2.99. The van der Waals surface area contributed by atoms with Crippen molar-refractivity contribution >= 4 is 11.1 Å². The molecule has 0 N–H and O–H groups in total. The van der Waals surface area contributed by atoms with Gasteiger partial charge in [-0.3, -0.25) is 0 Å². The van der Waals surface area contributed by atoms with Crippen molar-refractivity contribution in [3.05, 3.63) is 30.2 Å². The Labute approximate surface area is 99.7 Å². The molecule has 0 aliphatic carbocycles. The normalized spacial score (nSPS) is 7.69. The second-order valence-electron chi connectivity index (χ2n) is 2.32. The molecule has 0 aliphatic heterocycles. The van der Waals surface area contributed by atoms with E-state index in [1.165, 1.54) is 12.0 Å². The zero-order valence-corrected chi connectivity index (χ0v) is 11.7. The Balaban J connectivity index is 0. The van der Waals surface area contributed by atoms with Crippen LogP contribution < -0.4 is 0 Å². The lowest BCUT2D eigenvalue weighted by Crippen LogP contribution is -1.70. The molecule has 0 saturated heterocycles. The topological polar surface area (TPSA) is 26.0 Å². The average Bonchev–Trinajstić information content (AvgIpc) is 2.84. The molecule has 0 radical (unpaired) electrons. The van der Waals surface area contributed by atoms with Crippen LogP contribution in [0.2, 0.25) is 0 Å².